The van der Waals surface area contributed by atoms with E-state index in [0.717, 1.165) is 29.0 Å². The first-order chi connectivity index (χ1) is 9.46. The Balaban J connectivity index is 2.33. The number of methoxy groups -OCH3 is 1. The molecule has 0 aliphatic carbocycles. The standard InChI is InChI=1S/C12H13FN2O3S2/c1-18-11-5-9(13)2-3-10(11)15-20(16,17)12-4-8(6-14)7-19-12/h2-5,7,15H,6,14H2,1H3. The summed E-state index contributed by atoms with van der Waals surface area (Å²) in [6.45, 7) is 0.270. The molecule has 0 amide bonds. The molecule has 0 atom stereocenters. The summed E-state index contributed by atoms with van der Waals surface area (Å²) in [4.78, 5) is 0. The van der Waals surface area contributed by atoms with E-state index in [1.165, 1.54) is 19.2 Å². The summed E-state index contributed by atoms with van der Waals surface area (Å²) < 4.78 is 44.9. The minimum atomic E-state index is -3.74. The first kappa shape index (κ1) is 14.8. The fourth-order valence-electron chi connectivity index (χ4n) is 1.55. The minimum Gasteiger partial charge on any atom is -0.494 e. The van der Waals surface area contributed by atoms with E-state index in [9.17, 15) is 12.8 Å². The number of nitrogens with two attached hydrogens (primary N) is 1. The number of ether oxygens (including phenoxy) is 1. The number of thiophene rings is 1. The van der Waals surface area contributed by atoms with Crippen LogP contribution in [-0.4, -0.2) is 15.5 Å². The van der Waals surface area contributed by atoms with Crippen molar-refractivity contribution in [3.63, 3.8) is 0 Å². The molecule has 1 aromatic carbocycles. The molecule has 0 spiro atoms. The average Bonchev–Trinajstić information content (AvgIpc) is 2.90. The van der Waals surface area contributed by atoms with Crippen LogP contribution < -0.4 is 15.2 Å². The van der Waals surface area contributed by atoms with E-state index in [4.69, 9.17) is 10.5 Å². The van der Waals surface area contributed by atoms with Crippen LogP contribution in [0.5, 0.6) is 5.75 Å². The molecule has 5 nitrogen and oxygen atoms in total. The third-order valence-corrected chi connectivity index (χ3v) is 5.39. The van der Waals surface area contributed by atoms with Gasteiger partial charge >= 0.3 is 0 Å². The van der Waals surface area contributed by atoms with Gasteiger partial charge in [-0.3, -0.25) is 4.72 Å². The summed E-state index contributed by atoms with van der Waals surface area (Å²) in [5.41, 5.74) is 6.37. The first-order valence-corrected chi connectivity index (χ1v) is 7.96. The molecule has 3 N–H and O–H groups in total. The Morgan fingerprint density at radius 2 is 2.15 bits per heavy atom. The maximum atomic E-state index is 13.1. The zero-order valence-electron chi connectivity index (χ0n) is 10.6. The lowest BCUT2D eigenvalue weighted by atomic mass is 10.3. The van der Waals surface area contributed by atoms with E-state index < -0.39 is 15.8 Å². The lowest BCUT2D eigenvalue weighted by molar-refractivity contribution is 0.413. The van der Waals surface area contributed by atoms with Gasteiger partial charge in [-0.15, -0.1) is 11.3 Å². The van der Waals surface area contributed by atoms with Gasteiger partial charge in [-0.1, -0.05) is 0 Å². The smallest absolute Gasteiger partial charge is 0.271 e. The van der Waals surface area contributed by atoms with Crippen molar-refractivity contribution >= 4 is 27.0 Å². The molecular weight excluding hydrogens is 303 g/mol. The summed E-state index contributed by atoms with van der Waals surface area (Å²) in [6.07, 6.45) is 0. The van der Waals surface area contributed by atoms with Crippen LogP contribution in [0.15, 0.2) is 33.9 Å². The predicted octanol–water partition coefficient (Wildman–Crippen LogP) is 2.16. The quantitative estimate of drug-likeness (QED) is 0.885. The van der Waals surface area contributed by atoms with Crippen molar-refractivity contribution in [2.75, 3.05) is 11.8 Å². The zero-order chi connectivity index (χ0) is 14.8. The normalized spacial score (nSPS) is 11.3. The van der Waals surface area contributed by atoms with Crippen LogP contribution in [-0.2, 0) is 16.6 Å². The summed E-state index contributed by atoms with van der Waals surface area (Å²) in [7, 11) is -2.40. The topological polar surface area (TPSA) is 81.4 Å². The lowest BCUT2D eigenvalue weighted by Crippen LogP contribution is -2.12. The number of benzene rings is 1. The van der Waals surface area contributed by atoms with Crippen molar-refractivity contribution in [1.29, 1.82) is 0 Å². The van der Waals surface area contributed by atoms with Gasteiger partial charge in [0.05, 0.1) is 12.8 Å². The van der Waals surface area contributed by atoms with E-state index in [1.54, 1.807) is 5.38 Å². The van der Waals surface area contributed by atoms with Crippen molar-refractivity contribution in [3.8, 4) is 5.75 Å². The Kier molecular flexibility index (Phi) is 4.26. The molecule has 1 aromatic heterocycles. The third kappa shape index (κ3) is 3.09. The summed E-state index contributed by atoms with van der Waals surface area (Å²) >= 11 is 1.07. The molecule has 0 unspecified atom stereocenters. The number of halogens is 1. The van der Waals surface area contributed by atoms with Gasteiger partial charge in [-0.25, -0.2) is 12.8 Å². The van der Waals surface area contributed by atoms with Crippen molar-refractivity contribution < 1.29 is 17.5 Å². The number of rotatable bonds is 5. The molecule has 0 radical (unpaired) electrons. The Labute approximate surface area is 120 Å². The summed E-state index contributed by atoms with van der Waals surface area (Å²) in [5, 5.41) is 1.68. The molecule has 0 saturated heterocycles. The van der Waals surface area contributed by atoms with Gasteiger partial charge in [0.2, 0.25) is 0 Å². The van der Waals surface area contributed by atoms with E-state index in [2.05, 4.69) is 4.72 Å². The number of hydrogen-bond acceptors (Lipinski definition) is 5. The van der Waals surface area contributed by atoms with Crippen LogP contribution in [0.1, 0.15) is 5.56 Å². The Morgan fingerprint density at radius 1 is 1.40 bits per heavy atom. The van der Waals surface area contributed by atoms with E-state index >= 15 is 0 Å². The van der Waals surface area contributed by atoms with Gasteiger partial charge in [0.15, 0.2) is 0 Å². The van der Waals surface area contributed by atoms with Crippen LogP contribution in [0.25, 0.3) is 0 Å². The summed E-state index contributed by atoms with van der Waals surface area (Å²) in [6, 6.07) is 5.07. The molecule has 0 aliphatic rings. The molecule has 0 aliphatic heterocycles. The van der Waals surface area contributed by atoms with Crippen LogP contribution in [0.4, 0.5) is 10.1 Å². The Morgan fingerprint density at radius 3 is 2.75 bits per heavy atom. The van der Waals surface area contributed by atoms with Crippen molar-refractivity contribution in [1.82, 2.24) is 0 Å². The molecule has 0 saturated carbocycles. The van der Waals surface area contributed by atoms with Gasteiger partial charge in [-0.05, 0) is 29.1 Å². The molecule has 20 heavy (non-hydrogen) atoms. The predicted molar refractivity (Wildman–Crippen MR) is 76.0 cm³/mol. The van der Waals surface area contributed by atoms with Gasteiger partial charge in [0.1, 0.15) is 15.8 Å². The second-order valence-electron chi connectivity index (χ2n) is 3.93. The van der Waals surface area contributed by atoms with Gasteiger partial charge in [0.25, 0.3) is 10.0 Å². The Hall–Kier alpha value is -1.64. The number of nitrogens with one attached hydrogen (secondary N) is 1. The van der Waals surface area contributed by atoms with Gasteiger partial charge < -0.3 is 10.5 Å². The highest BCUT2D eigenvalue weighted by atomic mass is 32.2. The Bertz CT molecular complexity index is 713. The van der Waals surface area contributed by atoms with Gasteiger partial charge in [0, 0.05) is 12.6 Å². The molecule has 0 bridgehead atoms. The van der Waals surface area contributed by atoms with Crippen molar-refractivity contribution in [2.45, 2.75) is 10.8 Å². The highest BCUT2D eigenvalue weighted by Crippen LogP contribution is 2.29. The molecule has 2 aromatic rings. The van der Waals surface area contributed by atoms with Crippen LogP contribution >= 0.6 is 11.3 Å². The monoisotopic (exact) mass is 316 g/mol. The second-order valence-corrected chi connectivity index (χ2v) is 6.75. The van der Waals surface area contributed by atoms with E-state index in [1.807, 2.05) is 0 Å². The van der Waals surface area contributed by atoms with Crippen molar-refractivity contribution in [2.24, 2.45) is 5.73 Å². The van der Waals surface area contributed by atoms with Crippen LogP contribution in [0.2, 0.25) is 0 Å². The zero-order valence-corrected chi connectivity index (χ0v) is 12.2. The second kappa shape index (κ2) is 5.78. The lowest BCUT2D eigenvalue weighted by Gasteiger charge is -2.10. The third-order valence-electron chi connectivity index (χ3n) is 2.54. The summed E-state index contributed by atoms with van der Waals surface area (Å²) in [5.74, 6) is -0.393. The molecular formula is C12H13FN2O3S2. The fraction of sp³-hybridized carbons (Fsp3) is 0.167. The SMILES string of the molecule is COc1cc(F)ccc1NS(=O)(=O)c1cc(CN)cs1. The largest absolute Gasteiger partial charge is 0.494 e. The molecule has 0 fully saturated rings. The van der Waals surface area contributed by atoms with Crippen molar-refractivity contribution in [3.05, 3.63) is 41.0 Å². The van der Waals surface area contributed by atoms with Crippen LogP contribution in [0.3, 0.4) is 0 Å². The fourth-order valence-corrected chi connectivity index (χ4v) is 3.84. The van der Waals surface area contributed by atoms with E-state index in [0.29, 0.717) is 0 Å². The maximum absolute atomic E-state index is 13.1. The first-order valence-electron chi connectivity index (χ1n) is 5.60. The number of anilines is 1. The molecule has 1 heterocycles. The minimum absolute atomic E-state index is 0.115. The highest BCUT2D eigenvalue weighted by molar-refractivity contribution is 7.94. The maximum Gasteiger partial charge on any atom is 0.271 e. The molecule has 8 heteroatoms. The van der Waals surface area contributed by atoms with Gasteiger partial charge in [-0.2, -0.15) is 0 Å². The number of hydrogen-bond donors (Lipinski definition) is 2. The molecule has 108 valence electrons. The highest BCUT2D eigenvalue weighted by Gasteiger charge is 2.19. The molecule has 2 rings (SSSR count). The average molecular weight is 316 g/mol. The van der Waals surface area contributed by atoms with E-state index in [-0.39, 0.29) is 22.2 Å². The number of sulfonamides is 1. The van der Waals surface area contributed by atoms with Crippen LogP contribution in [0, 0.1) is 5.82 Å².